The van der Waals surface area contributed by atoms with Crippen molar-refractivity contribution in [2.75, 3.05) is 0 Å². The van der Waals surface area contributed by atoms with Crippen LogP contribution in [0.5, 0.6) is 0 Å². The fraction of sp³-hybridized carbons (Fsp3) is 0.400. The first kappa shape index (κ1) is 15.1. The zero-order valence-corrected chi connectivity index (χ0v) is 12.7. The molecule has 0 aliphatic heterocycles. The molecule has 0 aliphatic carbocycles. The molecule has 2 aromatic rings. The topological polar surface area (TPSA) is 24.9 Å². The molecule has 0 spiro atoms. The predicted molar refractivity (Wildman–Crippen MR) is 77.7 cm³/mol. The normalized spacial score (nSPS) is 11.8. The summed E-state index contributed by atoms with van der Waals surface area (Å²) in [5.41, 5.74) is 1.30. The Labute approximate surface area is 121 Å². The molecule has 1 aromatic carbocycles. The minimum atomic E-state index is -0.424. The Morgan fingerprint density at radius 1 is 1.20 bits per heavy atom. The van der Waals surface area contributed by atoms with Gasteiger partial charge in [-0.1, -0.05) is 20.8 Å². The van der Waals surface area contributed by atoms with Crippen LogP contribution < -0.4 is 5.32 Å². The van der Waals surface area contributed by atoms with Crippen molar-refractivity contribution in [3.05, 3.63) is 51.5 Å². The molecule has 1 N–H and O–H groups in total. The largest absolute Gasteiger partial charge is 0.307 e. The molecule has 2 nitrogen and oxygen atoms in total. The van der Waals surface area contributed by atoms with Gasteiger partial charge in [-0.3, -0.25) is 0 Å². The Morgan fingerprint density at radius 2 is 1.95 bits per heavy atom. The lowest BCUT2D eigenvalue weighted by molar-refractivity contribution is 0.563. The van der Waals surface area contributed by atoms with Crippen molar-refractivity contribution in [2.45, 2.75) is 39.3 Å². The van der Waals surface area contributed by atoms with Crippen molar-refractivity contribution >= 4 is 11.3 Å². The van der Waals surface area contributed by atoms with Crippen LogP contribution in [0.1, 0.15) is 37.0 Å². The van der Waals surface area contributed by atoms with Crippen molar-refractivity contribution in [1.29, 1.82) is 0 Å². The predicted octanol–water partition coefficient (Wildman–Crippen LogP) is 4.01. The van der Waals surface area contributed by atoms with Crippen LogP contribution >= 0.6 is 11.3 Å². The summed E-state index contributed by atoms with van der Waals surface area (Å²) in [6, 6.07) is 3.48. The van der Waals surface area contributed by atoms with Gasteiger partial charge in [0.15, 0.2) is 0 Å². The Morgan fingerprint density at radius 3 is 2.60 bits per heavy atom. The molecule has 1 heterocycles. The van der Waals surface area contributed by atoms with Crippen LogP contribution in [0.25, 0.3) is 0 Å². The summed E-state index contributed by atoms with van der Waals surface area (Å²) in [5.74, 6) is -0.820. The Bertz CT molecular complexity index is 588. The van der Waals surface area contributed by atoms with E-state index in [4.69, 9.17) is 0 Å². The maximum Gasteiger partial charge on any atom is 0.127 e. The first-order chi connectivity index (χ1) is 9.36. The average molecular weight is 296 g/mol. The average Bonchev–Trinajstić information content (AvgIpc) is 2.82. The standard InChI is InChI=1S/C15H18F2N2S/c1-15(2,3)14-19-12(9-20-14)8-18-7-10-6-11(16)4-5-13(10)17/h4-6,9,18H,7-8H2,1-3H3. The number of aromatic nitrogens is 1. The third-order valence-electron chi connectivity index (χ3n) is 2.82. The minimum Gasteiger partial charge on any atom is -0.307 e. The van der Waals surface area contributed by atoms with E-state index < -0.39 is 11.6 Å². The summed E-state index contributed by atoms with van der Waals surface area (Å²) in [5, 5.41) is 6.16. The molecule has 0 fully saturated rings. The van der Waals surface area contributed by atoms with E-state index in [-0.39, 0.29) is 12.0 Å². The number of nitrogens with one attached hydrogen (secondary N) is 1. The SMILES string of the molecule is CC(C)(C)c1nc(CNCc2cc(F)ccc2F)cs1. The summed E-state index contributed by atoms with van der Waals surface area (Å²) >= 11 is 1.62. The van der Waals surface area contributed by atoms with E-state index in [0.29, 0.717) is 12.1 Å². The number of rotatable bonds is 4. The van der Waals surface area contributed by atoms with Crippen molar-refractivity contribution < 1.29 is 8.78 Å². The molecule has 2 rings (SSSR count). The number of benzene rings is 1. The number of thiazole rings is 1. The van der Waals surface area contributed by atoms with Gasteiger partial charge >= 0.3 is 0 Å². The number of halogens is 2. The highest BCUT2D eigenvalue weighted by Crippen LogP contribution is 2.25. The van der Waals surface area contributed by atoms with Crippen molar-refractivity contribution in [3.8, 4) is 0 Å². The third-order valence-corrected chi connectivity index (χ3v) is 4.14. The van der Waals surface area contributed by atoms with E-state index in [2.05, 4.69) is 31.1 Å². The molecule has 108 valence electrons. The summed E-state index contributed by atoms with van der Waals surface area (Å²) in [7, 11) is 0. The van der Waals surface area contributed by atoms with E-state index in [0.717, 1.165) is 22.8 Å². The molecule has 5 heteroatoms. The molecule has 1 aromatic heterocycles. The Kier molecular flexibility index (Phi) is 4.50. The fourth-order valence-corrected chi connectivity index (χ4v) is 2.64. The third kappa shape index (κ3) is 3.84. The van der Waals surface area contributed by atoms with Crippen LogP contribution in [-0.2, 0) is 18.5 Å². The highest BCUT2D eigenvalue weighted by molar-refractivity contribution is 7.09. The van der Waals surface area contributed by atoms with Gasteiger partial charge in [-0.05, 0) is 18.2 Å². The monoisotopic (exact) mass is 296 g/mol. The van der Waals surface area contributed by atoms with E-state index in [1.807, 2.05) is 5.38 Å². The second kappa shape index (κ2) is 5.97. The lowest BCUT2D eigenvalue weighted by Gasteiger charge is -2.13. The van der Waals surface area contributed by atoms with Gasteiger partial charge < -0.3 is 5.32 Å². The van der Waals surface area contributed by atoms with Crippen molar-refractivity contribution in [3.63, 3.8) is 0 Å². The Balaban J connectivity index is 1.93. The zero-order chi connectivity index (χ0) is 14.8. The molecule has 0 aliphatic rings. The van der Waals surface area contributed by atoms with Gasteiger partial charge in [0.05, 0.1) is 10.7 Å². The Hall–Kier alpha value is -1.33. The summed E-state index contributed by atoms with van der Waals surface area (Å²) in [4.78, 5) is 4.54. The number of hydrogen-bond donors (Lipinski definition) is 1. The molecule has 20 heavy (non-hydrogen) atoms. The van der Waals surface area contributed by atoms with Crippen LogP contribution in [0.2, 0.25) is 0 Å². The van der Waals surface area contributed by atoms with Crippen LogP contribution in [0.15, 0.2) is 23.6 Å². The van der Waals surface area contributed by atoms with Crippen LogP contribution in [0, 0.1) is 11.6 Å². The van der Waals surface area contributed by atoms with Gasteiger partial charge in [0.1, 0.15) is 11.6 Å². The lowest BCUT2D eigenvalue weighted by atomic mass is 9.98. The molecule has 0 amide bonds. The summed E-state index contributed by atoms with van der Waals surface area (Å²) in [6.07, 6.45) is 0. The van der Waals surface area contributed by atoms with Gasteiger partial charge in [0.25, 0.3) is 0 Å². The zero-order valence-electron chi connectivity index (χ0n) is 11.8. The van der Waals surface area contributed by atoms with Gasteiger partial charge in [-0.2, -0.15) is 0 Å². The van der Waals surface area contributed by atoms with Gasteiger partial charge in [-0.15, -0.1) is 11.3 Å². The lowest BCUT2D eigenvalue weighted by Crippen LogP contribution is -2.15. The maximum absolute atomic E-state index is 13.4. The molecule has 0 radical (unpaired) electrons. The number of nitrogens with zero attached hydrogens (tertiary/aromatic N) is 1. The van der Waals surface area contributed by atoms with Crippen molar-refractivity contribution in [2.24, 2.45) is 0 Å². The molecular formula is C15H18F2N2S. The number of hydrogen-bond acceptors (Lipinski definition) is 3. The molecule has 0 bridgehead atoms. The summed E-state index contributed by atoms with van der Waals surface area (Å²) in [6.45, 7) is 7.18. The van der Waals surface area contributed by atoms with Crippen LogP contribution in [0.4, 0.5) is 8.78 Å². The first-order valence-electron chi connectivity index (χ1n) is 6.46. The molecule has 0 saturated carbocycles. The second-order valence-electron chi connectivity index (χ2n) is 5.73. The minimum absolute atomic E-state index is 0.0393. The fourth-order valence-electron chi connectivity index (χ4n) is 1.74. The van der Waals surface area contributed by atoms with Crippen LogP contribution in [-0.4, -0.2) is 4.98 Å². The van der Waals surface area contributed by atoms with Gasteiger partial charge in [-0.25, -0.2) is 13.8 Å². The van der Waals surface area contributed by atoms with E-state index in [1.165, 1.54) is 6.07 Å². The van der Waals surface area contributed by atoms with Gasteiger partial charge in [0.2, 0.25) is 0 Å². The summed E-state index contributed by atoms with van der Waals surface area (Å²) < 4.78 is 26.5. The molecule has 0 atom stereocenters. The van der Waals surface area contributed by atoms with Crippen LogP contribution in [0.3, 0.4) is 0 Å². The quantitative estimate of drug-likeness (QED) is 0.922. The smallest absolute Gasteiger partial charge is 0.127 e. The van der Waals surface area contributed by atoms with E-state index in [1.54, 1.807) is 11.3 Å². The highest BCUT2D eigenvalue weighted by Gasteiger charge is 2.17. The van der Waals surface area contributed by atoms with E-state index in [9.17, 15) is 8.78 Å². The van der Waals surface area contributed by atoms with Crippen molar-refractivity contribution in [1.82, 2.24) is 10.3 Å². The second-order valence-corrected chi connectivity index (χ2v) is 6.59. The maximum atomic E-state index is 13.4. The molecule has 0 saturated heterocycles. The first-order valence-corrected chi connectivity index (χ1v) is 7.34. The highest BCUT2D eigenvalue weighted by atomic mass is 32.1. The molecular weight excluding hydrogens is 278 g/mol. The molecule has 0 unspecified atom stereocenters. The van der Waals surface area contributed by atoms with E-state index >= 15 is 0 Å². The van der Waals surface area contributed by atoms with Gasteiger partial charge in [0, 0.05) is 29.4 Å².